The molecule has 0 fully saturated rings. The first-order valence-corrected chi connectivity index (χ1v) is 18.9. The van der Waals surface area contributed by atoms with E-state index in [1.807, 2.05) is 37.4 Å². The number of aromatic nitrogens is 3. The van der Waals surface area contributed by atoms with E-state index in [9.17, 15) is 8.42 Å². The van der Waals surface area contributed by atoms with Gasteiger partial charge in [-0.2, -0.15) is 13.5 Å². The Hall–Kier alpha value is -5.54. The molecule has 53 heavy (non-hydrogen) atoms. The monoisotopic (exact) mass is 754 g/mol. The smallest absolute Gasteiger partial charge is 0.316 e. The van der Waals surface area contributed by atoms with Gasteiger partial charge in [0, 0.05) is 35.5 Å². The minimum absolute atomic E-state index is 0.153. The average molecular weight is 755 g/mol. The minimum Gasteiger partial charge on any atom is -0.493 e. The van der Waals surface area contributed by atoms with Crippen molar-refractivity contribution in [1.82, 2.24) is 14.9 Å². The fourth-order valence-corrected chi connectivity index (χ4v) is 6.69. The quantitative estimate of drug-likeness (QED) is 0.117. The fraction of sp³-hybridized carbons (Fsp3) is 0.263. The molecule has 5 aromatic rings. The SMILES string of the molecule is CNc1ccc(N=C2C(C(C)(C)C)=Nn3nc(-c4ccc(NS(=O)Oc5cc(NS(=O)Oc6ccccc6)ccc5OC)cc4)nc32)c(C(C)(C)C)c1. The Morgan fingerprint density at radius 2 is 1.40 bits per heavy atom. The van der Waals surface area contributed by atoms with Crippen LogP contribution in [-0.4, -0.2) is 48.9 Å². The Morgan fingerprint density at radius 1 is 0.736 bits per heavy atom. The molecule has 276 valence electrons. The van der Waals surface area contributed by atoms with E-state index < -0.39 is 22.5 Å². The average Bonchev–Trinajstić information content (AvgIpc) is 3.68. The van der Waals surface area contributed by atoms with Gasteiger partial charge in [0.1, 0.15) is 11.5 Å². The largest absolute Gasteiger partial charge is 0.493 e. The number of anilines is 3. The van der Waals surface area contributed by atoms with Crippen LogP contribution in [-0.2, 0) is 27.9 Å². The predicted octanol–water partition coefficient (Wildman–Crippen LogP) is 7.82. The van der Waals surface area contributed by atoms with Crippen LogP contribution in [0.4, 0.5) is 22.7 Å². The number of hydrogen-bond donors (Lipinski definition) is 3. The molecule has 6 rings (SSSR count). The van der Waals surface area contributed by atoms with Crippen LogP contribution in [0.15, 0.2) is 101 Å². The molecular weight excluding hydrogens is 713 g/mol. The predicted molar refractivity (Wildman–Crippen MR) is 213 cm³/mol. The van der Waals surface area contributed by atoms with Gasteiger partial charge in [0.25, 0.3) is 0 Å². The maximum absolute atomic E-state index is 13.1. The van der Waals surface area contributed by atoms with Gasteiger partial charge in [-0.25, -0.2) is 9.98 Å². The summed E-state index contributed by atoms with van der Waals surface area (Å²) in [5, 5.41) is 12.8. The lowest BCUT2D eigenvalue weighted by molar-refractivity contribution is 0.397. The van der Waals surface area contributed by atoms with Gasteiger partial charge in [-0.05, 0) is 77.7 Å². The molecular formula is C38H42N8O5S2. The molecule has 13 nitrogen and oxygen atoms in total. The molecule has 1 aromatic heterocycles. The Morgan fingerprint density at radius 3 is 2.06 bits per heavy atom. The van der Waals surface area contributed by atoms with Gasteiger partial charge in [-0.3, -0.25) is 9.44 Å². The molecule has 0 radical (unpaired) electrons. The molecule has 3 N–H and O–H groups in total. The molecule has 0 saturated carbocycles. The summed E-state index contributed by atoms with van der Waals surface area (Å²) in [6.07, 6.45) is 0. The summed E-state index contributed by atoms with van der Waals surface area (Å²) >= 11 is -3.90. The highest BCUT2D eigenvalue weighted by atomic mass is 32.2. The van der Waals surface area contributed by atoms with Crippen molar-refractivity contribution in [2.45, 2.75) is 47.0 Å². The summed E-state index contributed by atoms with van der Waals surface area (Å²) < 4.78 is 47.6. The standard InChI is InChI=1S/C38H42N8O5S2/c1-37(2,3)29-22-26(39-7)18-20-30(29)40-33-34(38(4,5)6)42-46-36(33)41-35(43-46)24-14-16-25(17-15-24)44-53(48)51-32-23-27(19-21-31(32)49-8)45-52(47)50-28-12-10-9-11-13-28/h9-23,39,44-45H,1-8H3. The first-order chi connectivity index (χ1) is 25.2. The van der Waals surface area contributed by atoms with E-state index in [1.54, 1.807) is 53.3 Å². The van der Waals surface area contributed by atoms with Gasteiger partial charge in [0.2, 0.25) is 5.82 Å². The van der Waals surface area contributed by atoms with E-state index in [1.165, 1.54) is 13.2 Å². The molecule has 1 aliphatic rings. The number of nitrogens with one attached hydrogen (secondary N) is 3. The second-order valence-corrected chi connectivity index (χ2v) is 15.8. The Bertz CT molecular complexity index is 2220. The molecule has 1 aliphatic heterocycles. The van der Waals surface area contributed by atoms with Crippen LogP contribution >= 0.6 is 0 Å². The molecule has 0 bridgehead atoms. The van der Waals surface area contributed by atoms with Crippen molar-refractivity contribution in [3.8, 4) is 28.6 Å². The number of aliphatic imine (C=N–C) groups is 1. The third-order valence-corrected chi connectivity index (χ3v) is 9.53. The zero-order chi connectivity index (χ0) is 37.9. The van der Waals surface area contributed by atoms with Gasteiger partial charge < -0.3 is 18.4 Å². The summed E-state index contributed by atoms with van der Waals surface area (Å²) in [6, 6.07) is 26.8. The van der Waals surface area contributed by atoms with Crippen LogP contribution in [0.3, 0.4) is 0 Å². The molecule has 0 spiro atoms. The molecule has 2 unspecified atom stereocenters. The van der Waals surface area contributed by atoms with Gasteiger partial charge in [0.15, 0.2) is 17.3 Å². The fourth-order valence-electron chi connectivity index (χ4n) is 5.38. The van der Waals surface area contributed by atoms with E-state index in [0.717, 1.165) is 28.2 Å². The maximum Gasteiger partial charge on any atom is 0.316 e. The Labute approximate surface area is 314 Å². The molecule has 0 saturated heterocycles. The summed E-state index contributed by atoms with van der Waals surface area (Å²) in [4.78, 5) is 11.6. The van der Waals surface area contributed by atoms with Crippen molar-refractivity contribution in [1.29, 1.82) is 0 Å². The maximum atomic E-state index is 13.1. The van der Waals surface area contributed by atoms with Crippen molar-refractivity contribution in [3.05, 3.63) is 102 Å². The Balaban J connectivity index is 1.18. The second-order valence-electron chi connectivity index (χ2n) is 14.1. The zero-order valence-electron chi connectivity index (χ0n) is 30.8. The molecule has 2 atom stereocenters. The third-order valence-electron chi connectivity index (χ3n) is 8.05. The molecule has 0 aliphatic carbocycles. The van der Waals surface area contributed by atoms with Crippen molar-refractivity contribution in [3.63, 3.8) is 0 Å². The molecule has 4 aromatic carbocycles. The Kier molecular flexibility index (Phi) is 10.7. The number of rotatable bonds is 12. The number of fused-ring (bicyclic) bond motifs is 1. The first-order valence-electron chi connectivity index (χ1n) is 16.8. The lowest BCUT2D eigenvalue weighted by Crippen LogP contribution is -2.27. The number of hydrogen-bond acceptors (Lipinski definition) is 10. The third kappa shape index (κ3) is 8.75. The van der Waals surface area contributed by atoms with Crippen molar-refractivity contribution < 1.29 is 21.5 Å². The van der Waals surface area contributed by atoms with Crippen molar-refractivity contribution >= 4 is 56.7 Å². The van der Waals surface area contributed by atoms with E-state index >= 15 is 0 Å². The summed E-state index contributed by atoms with van der Waals surface area (Å²) in [7, 11) is 3.37. The molecule has 15 heteroatoms. The van der Waals surface area contributed by atoms with Crippen LogP contribution in [0.5, 0.6) is 17.2 Å². The van der Waals surface area contributed by atoms with Gasteiger partial charge in [-0.1, -0.05) is 59.7 Å². The van der Waals surface area contributed by atoms with E-state index in [2.05, 4.69) is 62.4 Å². The van der Waals surface area contributed by atoms with Crippen LogP contribution in [0.1, 0.15) is 52.9 Å². The highest BCUT2D eigenvalue weighted by Crippen LogP contribution is 2.36. The topological polar surface area (TPSA) is 153 Å². The van der Waals surface area contributed by atoms with E-state index in [0.29, 0.717) is 40.2 Å². The number of ether oxygens (including phenoxy) is 1. The van der Waals surface area contributed by atoms with Gasteiger partial charge in [-0.15, -0.1) is 9.89 Å². The minimum atomic E-state index is -2.01. The van der Waals surface area contributed by atoms with Crippen LogP contribution in [0.2, 0.25) is 0 Å². The highest BCUT2D eigenvalue weighted by molar-refractivity contribution is 7.82. The van der Waals surface area contributed by atoms with Crippen LogP contribution in [0.25, 0.3) is 11.4 Å². The summed E-state index contributed by atoms with van der Waals surface area (Å²) in [6.45, 7) is 12.8. The second kappa shape index (κ2) is 15.2. The highest BCUT2D eigenvalue weighted by Gasteiger charge is 2.35. The lowest BCUT2D eigenvalue weighted by Gasteiger charge is -2.23. The van der Waals surface area contributed by atoms with Crippen molar-refractivity contribution in [2.75, 3.05) is 28.9 Å². The molecule has 0 amide bonds. The normalized spacial score (nSPS) is 14.6. The van der Waals surface area contributed by atoms with Crippen LogP contribution in [0, 0.1) is 5.41 Å². The van der Waals surface area contributed by atoms with Gasteiger partial charge in [0.05, 0.1) is 24.2 Å². The zero-order valence-corrected chi connectivity index (χ0v) is 32.4. The number of nitrogens with zero attached hydrogens (tertiary/aromatic N) is 5. The van der Waals surface area contributed by atoms with Crippen LogP contribution < -0.4 is 27.9 Å². The number of methoxy groups -OCH3 is 1. The summed E-state index contributed by atoms with van der Waals surface area (Å²) in [5.41, 5.74) is 5.64. The lowest BCUT2D eigenvalue weighted by atomic mass is 9.85. The number of benzene rings is 4. The van der Waals surface area contributed by atoms with Crippen molar-refractivity contribution in [2.24, 2.45) is 15.5 Å². The van der Waals surface area contributed by atoms with E-state index in [-0.39, 0.29) is 16.6 Å². The first kappa shape index (κ1) is 37.2. The van der Waals surface area contributed by atoms with Gasteiger partial charge >= 0.3 is 22.5 Å². The number of para-hydroxylation sites is 1. The van der Waals surface area contributed by atoms with E-state index in [4.69, 9.17) is 33.3 Å². The summed E-state index contributed by atoms with van der Waals surface area (Å²) in [5.74, 6) is 1.96. The molecule has 2 heterocycles.